The van der Waals surface area contributed by atoms with Crippen LogP contribution in [0, 0.1) is 12.7 Å². The lowest BCUT2D eigenvalue weighted by molar-refractivity contribution is 0.0690. The Morgan fingerprint density at radius 2 is 1.88 bits per heavy atom. The van der Waals surface area contributed by atoms with Gasteiger partial charge in [0.25, 0.3) is 0 Å². The normalized spacial score (nSPS) is 10.9. The molecule has 0 unspecified atom stereocenters. The van der Waals surface area contributed by atoms with Gasteiger partial charge in [-0.25, -0.2) is 14.2 Å². The maximum Gasteiger partial charge on any atom is 0.354 e. The van der Waals surface area contributed by atoms with Crippen molar-refractivity contribution in [2.75, 3.05) is 0 Å². The molecule has 1 N–H and O–H groups in total. The average Bonchev–Trinajstić information content (AvgIpc) is 3.15. The first-order valence-corrected chi connectivity index (χ1v) is 10.4. The number of ether oxygens (including phenoxy) is 1. The fourth-order valence-electron chi connectivity index (χ4n) is 3.37. The van der Waals surface area contributed by atoms with Gasteiger partial charge in [-0.2, -0.15) is 0 Å². The van der Waals surface area contributed by atoms with E-state index in [1.54, 1.807) is 41.0 Å². The van der Waals surface area contributed by atoms with Gasteiger partial charge in [-0.15, -0.1) is 0 Å². The van der Waals surface area contributed by atoms with Crippen LogP contribution in [-0.4, -0.2) is 20.6 Å². The van der Waals surface area contributed by atoms with Crippen molar-refractivity contribution in [2.24, 2.45) is 0 Å². The summed E-state index contributed by atoms with van der Waals surface area (Å²) in [4.78, 5) is 15.6. The van der Waals surface area contributed by atoms with Crippen molar-refractivity contribution < 1.29 is 19.0 Å². The first-order valence-electron chi connectivity index (χ1n) is 9.60. The van der Waals surface area contributed by atoms with Crippen molar-refractivity contribution in [1.29, 1.82) is 0 Å². The lowest BCUT2D eigenvalue weighted by Crippen LogP contribution is -2.07. The molecule has 4 aromatic rings. The predicted octanol–water partition coefficient (Wildman–Crippen LogP) is 6.57. The highest BCUT2D eigenvalue weighted by atomic mass is 35.5. The fraction of sp³-hybridized carbons (Fsp3) is 0.0833. The molecule has 2 aromatic carbocycles. The van der Waals surface area contributed by atoms with Crippen molar-refractivity contribution in [2.45, 2.75) is 13.5 Å². The summed E-state index contributed by atoms with van der Waals surface area (Å²) in [7, 11) is 0. The Morgan fingerprint density at radius 1 is 1.09 bits per heavy atom. The summed E-state index contributed by atoms with van der Waals surface area (Å²) in [6.45, 7) is 1.80. The van der Waals surface area contributed by atoms with Crippen molar-refractivity contribution >= 4 is 29.2 Å². The second-order valence-electron chi connectivity index (χ2n) is 7.01. The van der Waals surface area contributed by atoms with E-state index in [0.717, 1.165) is 5.69 Å². The molecule has 0 aliphatic rings. The molecule has 0 atom stereocenters. The number of carboxylic acids is 1. The van der Waals surface area contributed by atoms with E-state index in [4.69, 9.17) is 27.9 Å². The molecule has 5 nitrogen and oxygen atoms in total. The minimum Gasteiger partial charge on any atom is -0.488 e. The van der Waals surface area contributed by atoms with Crippen LogP contribution in [0.5, 0.6) is 5.75 Å². The number of aryl methyl sites for hydroxylation is 1. The summed E-state index contributed by atoms with van der Waals surface area (Å²) in [5, 5.41) is 10.1. The quantitative estimate of drug-likeness (QED) is 0.346. The number of benzene rings is 2. The van der Waals surface area contributed by atoms with E-state index >= 15 is 0 Å². The number of carboxylic acid groups (broad SMARTS) is 1. The number of aromatic nitrogens is 2. The second-order valence-corrected chi connectivity index (χ2v) is 7.85. The van der Waals surface area contributed by atoms with Crippen LogP contribution in [-0.2, 0) is 6.61 Å². The van der Waals surface area contributed by atoms with Crippen LogP contribution < -0.4 is 4.74 Å². The third-order valence-corrected chi connectivity index (χ3v) is 5.50. The zero-order valence-corrected chi connectivity index (χ0v) is 18.4. The van der Waals surface area contributed by atoms with E-state index in [9.17, 15) is 14.3 Å². The molecule has 0 amide bonds. The largest absolute Gasteiger partial charge is 0.488 e. The van der Waals surface area contributed by atoms with Crippen molar-refractivity contribution in [3.05, 3.63) is 99.5 Å². The van der Waals surface area contributed by atoms with E-state index in [2.05, 4.69) is 4.98 Å². The van der Waals surface area contributed by atoms with Gasteiger partial charge in [0.2, 0.25) is 0 Å². The van der Waals surface area contributed by atoms with Crippen molar-refractivity contribution in [3.8, 4) is 22.8 Å². The Balaban J connectivity index is 1.78. The molecule has 4 rings (SSSR count). The van der Waals surface area contributed by atoms with E-state index < -0.39 is 11.8 Å². The van der Waals surface area contributed by atoms with E-state index in [1.807, 2.05) is 19.1 Å². The van der Waals surface area contributed by atoms with E-state index in [-0.39, 0.29) is 22.9 Å². The lowest BCUT2D eigenvalue weighted by atomic mass is 10.1. The van der Waals surface area contributed by atoms with Gasteiger partial charge in [-0.1, -0.05) is 35.3 Å². The van der Waals surface area contributed by atoms with Gasteiger partial charge in [0, 0.05) is 21.8 Å². The third-order valence-electron chi connectivity index (χ3n) is 4.91. The van der Waals surface area contributed by atoms with Crippen LogP contribution >= 0.6 is 23.2 Å². The van der Waals surface area contributed by atoms with E-state index in [1.165, 1.54) is 18.2 Å². The molecule has 0 aliphatic carbocycles. The van der Waals surface area contributed by atoms with Gasteiger partial charge in [0.05, 0.1) is 10.7 Å². The Morgan fingerprint density at radius 3 is 2.62 bits per heavy atom. The molecule has 162 valence electrons. The third kappa shape index (κ3) is 4.33. The highest BCUT2D eigenvalue weighted by molar-refractivity contribution is 6.31. The van der Waals surface area contributed by atoms with Crippen LogP contribution in [0.15, 0.2) is 66.7 Å². The Bertz CT molecular complexity index is 1300. The van der Waals surface area contributed by atoms with Crippen LogP contribution in [0.4, 0.5) is 4.39 Å². The lowest BCUT2D eigenvalue weighted by Gasteiger charge is -2.16. The van der Waals surface area contributed by atoms with Gasteiger partial charge < -0.3 is 9.84 Å². The SMILES string of the molecule is Cc1ccc(-c2cc(Cl)ccc2OCc2c(F)cccc2Cl)n1-c1cccc(C(=O)O)n1. The molecule has 0 saturated carbocycles. The Kier molecular flexibility index (Phi) is 6.17. The van der Waals surface area contributed by atoms with Gasteiger partial charge in [-0.05, 0) is 61.5 Å². The molecule has 0 aliphatic heterocycles. The number of halogens is 3. The highest BCUT2D eigenvalue weighted by Crippen LogP contribution is 2.36. The molecular formula is C24H17Cl2FN2O3. The number of hydrogen-bond donors (Lipinski definition) is 1. The highest BCUT2D eigenvalue weighted by Gasteiger charge is 2.17. The predicted molar refractivity (Wildman–Crippen MR) is 121 cm³/mol. The minimum atomic E-state index is -1.12. The molecule has 0 saturated heterocycles. The Labute approximate surface area is 193 Å². The van der Waals surface area contributed by atoms with Gasteiger partial charge in [0.1, 0.15) is 24.0 Å². The van der Waals surface area contributed by atoms with E-state index in [0.29, 0.717) is 27.8 Å². The van der Waals surface area contributed by atoms with Gasteiger partial charge in [0.15, 0.2) is 5.69 Å². The molecule has 0 radical (unpaired) electrons. The van der Waals surface area contributed by atoms with Crippen LogP contribution in [0.1, 0.15) is 21.7 Å². The second kappa shape index (κ2) is 9.02. The minimum absolute atomic E-state index is 0.0710. The number of rotatable bonds is 6. The first-order chi connectivity index (χ1) is 15.3. The summed E-state index contributed by atoms with van der Waals surface area (Å²) >= 11 is 12.4. The molecule has 0 bridgehead atoms. The number of aromatic carboxylic acids is 1. The van der Waals surface area contributed by atoms with Crippen LogP contribution in [0.3, 0.4) is 0 Å². The number of pyridine rings is 1. The molecule has 8 heteroatoms. The molecular weight excluding hydrogens is 454 g/mol. The number of nitrogens with zero attached hydrogens (tertiary/aromatic N) is 2. The zero-order valence-electron chi connectivity index (χ0n) is 16.8. The summed E-state index contributed by atoms with van der Waals surface area (Å²) in [5.74, 6) is -0.679. The maximum absolute atomic E-state index is 14.2. The standard InChI is InChI=1S/C24H17Cl2FN2O3/c1-14-8-10-21(29(14)23-7-3-6-20(28-23)24(30)31)16-12-15(25)9-11-22(16)32-13-17-18(26)4-2-5-19(17)27/h2-12H,13H2,1H3,(H,30,31). The molecule has 2 aromatic heterocycles. The summed E-state index contributed by atoms with van der Waals surface area (Å²) in [6, 6.07) is 18.1. The number of hydrogen-bond acceptors (Lipinski definition) is 3. The molecule has 0 spiro atoms. The number of carbonyl (C=O) groups is 1. The topological polar surface area (TPSA) is 64.3 Å². The summed E-state index contributed by atoms with van der Waals surface area (Å²) in [5.41, 5.74) is 2.34. The zero-order chi connectivity index (χ0) is 22.8. The van der Waals surface area contributed by atoms with Gasteiger partial charge in [-0.3, -0.25) is 4.57 Å². The first kappa shape index (κ1) is 21.9. The molecule has 2 heterocycles. The fourth-order valence-corrected chi connectivity index (χ4v) is 3.76. The maximum atomic E-state index is 14.2. The monoisotopic (exact) mass is 470 g/mol. The average molecular weight is 471 g/mol. The molecule has 0 fully saturated rings. The summed E-state index contributed by atoms with van der Waals surface area (Å²) in [6.07, 6.45) is 0. The van der Waals surface area contributed by atoms with Crippen molar-refractivity contribution in [1.82, 2.24) is 9.55 Å². The smallest absolute Gasteiger partial charge is 0.354 e. The van der Waals surface area contributed by atoms with Crippen molar-refractivity contribution in [3.63, 3.8) is 0 Å². The van der Waals surface area contributed by atoms with Crippen LogP contribution in [0.25, 0.3) is 17.1 Å². The molecule has 32 heavy (non-hydrogen) atoms. The Hall–Kier alpha value is -3.35. The van der Waals surface area contributed by atoms with Gasteiger partial charge >= 0.3 is 5.97 Å². The summed E-state index contributed by atoms with van der Waals surface area (Å²) < 4.78 is 21.9. The van der Waals surface area contributed by atoms with Crippen LogP contribution in [0.2, 0.25) is 10.0 Å².